The Bertz CT molecular complexity index is 972. The summed E-state index contributed by atoms with van der Waals surface area (Å²) in [5.41, 5.74) is 2.68. The quantitative estimate of drug-likeness (QED) is 0.596. The lowest BCUT2D eigenvalue weighted by atomic mass is 10.2. The van der Waals surface area contributed by atoms with Gasteiger partial charge in [0.2, 0.25) is 0 Å². The van der Waals surface area contributed by atoms with Crippen LogP contribution in [-0.4, -0.2) is 44.0 Å². The molecule has 1 atom stereocenters. The Morgan fingerprint density at radius 2 is 1.60 bits per heavy atom. The molecule has 1 amide bonds. The van der Waals surface area contributed by atoms with Gasteiger partial charge in [-0.1, -0.05) is 30.0 Å². The van der Waals surface area contributed by atoms with Crippen molar-refractivity contribution < 1.29 is 4.79 Å². The Morgan fingerprint density at radius 1 is 0.933 bits per heavy atom. The van der Waals surface area contributed by atoms with Crippen LogP contribution in [0.25, 0.3) is 0 Å². The largest absolute Gasteiger partial charge is 0.370 e. The van der Waals surface area contributed by atoms with Crippen LogP contribution in [0.15, 0.2) is 88.7 Å². The van der Waals surface area contributed by atoms with Gasteiger partial charge in [0, 0.05) is 45.9 Å². The highest BCUT2D eigenvalue weighted by Crippen LogP contribution is 2.28. The summed E-state index contributed by atoms with van der Waals surface area (Å²) in [6.45, 7) is 2.12. The number of benzene rings is 3. The number of nitrogens with zero attached hydrogens (tertiary/aromatic N) is 2. The van der Waals surface area contributed by atoms with Crippen molar-refractivity contribution in [2.75, 3.05) is 37.4 Å². The Hall–Kier alpha value is -2.76. The number of likely N-dealkylation sites (N-methyl/N-ethyl adjacent to an activating group) is 1. The van der Waals surface area contributed by atoms with Crippen molar-refractivity contribution >= 4 is 29.0 Å². The molecule has 3 aromatic rings. The molecule has 0 aliphatic carbocycles. The molecule has 1 fully saturated rings. The molecule has 0 bridgehead atoms. The fraction of sp³-hybridized carbons (Fsp3) is 0.240. The molecule has 4 rings (SSSR count). The first-order chi connectivity index (χ1) is 14.6. The molecule has 4 nitrogen and oxygen atoms in total. The molecular formula is C25H27N3OS. The van der Waals surface area contributed by atoms with Gasteiger partial charge in [-0.15, -0.1) is 0 Å². The molecule has 0 spiro atoms. The number of anilines is 2. The summed E-state index contributed by atoms with van der Waals surface area (Å²) in [4.78, 5) is 19.6. The van der Waals surface area contributed by atoms with E-state index >= 15 is 0 Å². The van der Waals surface area contributed by atoms with Crippen LogP contribution in [-0.2, 0) is 0 Å². The van der Waals surface area contributed by atoms with Crippen molar-refractivity contribution in [2.45, 2.75) is 22.3 Å². The van der Waals surface area contributed by atoms with Crippen LogP contribution in [0, 0.1) is 0 Å². The molecule has 0 saturated carbocycles. The van der Waals surface area contributed by atoms with Gasteiger partial charge in [-0.05, 0) is 81.2 Å². The van der Waals surface area contributed by atoms with Gasteiger partial charge in [0.15, 0.2) is 0 Å². The second-order valence-electron chi connectivity index (χ2n) is 7.79. The minimum atomic E-state index is -0.0899. The molecule has 0 radical (unpaired) electrons. The predicted molar refractivity (Wildman–Crippen MR) is 126 cm³/mol. The van der Waals surface area contributed by atoms with E-state index in [4.69, 9.17) is 0 Å². The molecule has 1 N–H and O–H groups in total. The first-order valence-electron chi connectivity index (χ1n) is 10.2. The van der Waals surface area contributed by atoms with Gasteiger partial charge in [0.25, 0.3) is 5.91 Å². The Labute approximate surface area is 182 Å². The first kappa shape index (κ1) is 20.5. The van der Waals surface area contributed by atoms with Gasteiger partial charge < -0.3 is 15.1 Å². The fourth-order valence-electron chi connectivity index (χ4n) is 3.66. The standard InChI is InChI=1S/C25H27N3OS/c1-27(2)22-16-17-28(18-22)21-12-10-20(11-13-21)26-25(29)19-8-14-24(15-9-19)30-23-6-4-3-5-7-23/h3-15,22H,16-18H2,1-2H3,(H,26,29). The van der Waals surface area contributed by atoms with Gasteiger partial charge in [0.05, 0.1) is 0 Å². The van der Waals surface area contributed by atoms with Crippen molar-refractivity contribution in [3.05, 3.63) is 84.4 Å². The van der Waals surface area contributed by atoms with Gasteiger partial charge in [-0.2, -0.15) is 0 Å². The van der Waals surface area contributed by atoms with E-state index in [0.29, 0.717) is 11.6 Å². The van der Waals surface area contributed by atoms with Crippen LogP contribution in [0.2, 0.25) is 0 Å². The molecule has 3 aromatic carbocycles. The van der Waals surface area contributed by atoms with E-state index in [9.17, 15) is 4.79 Å². The molecule has 5 heteroatoms. The summed E-state index contributed by atoms with van der Waals surface area (Å²) in [7, 11) is 4.28. The normalized spacial score (nSPS) is 16.1. The molecular weight excluding hydrogens is 390 g/mol. The maximum Gasteiger partial charge on any atom is 0.255 e. The minimum absolute atomic E-state index is 0.0899. The fourth-order valence-corrected chi connectivity index (χ4v) is 4.49. The average Bonchev–Trinajstić information content (AvgIpc) is 3.26. The summed E-state index contributed by atoms with van der Waals surface area (Å²) < 4.78 is 0. The summed E-state index contributed by atoms with van der Waals surface area (Å²) >= 11 is 1.69. The first-order valence-corrected chi connectivity index (χ1v) is 11.1. The van der Waals surface area contributed by atoms with E-state index in [1.54, 1.807) is 11.8 Å². The topological polar surface area (TPSA) is 35.6 Å². The number of rotatable bonds is 6. The zero-order valence-corrected chi connectivity index (χ0v) is 18.2. The third-order valence-corrected chi connectivity index (χ3v) is 6.50. The van der Waals surface area contributed by atoms with Crippen LogP contribution in [0.3, 0.4) is 0 Å². The summed E-state index contributed by atoms with van der Waals surface area (Å²) in [6, 6.07) is 26.7. The van der Waals surface area contributed by atoms with Crippen molar-refractivity contribution in [3.63, 3.8) is 0 Å². The lowest BCUT2D eigenvalue weighted by Gasteiger charge is -2.22. The van der Waals surface area contributed by atoms with Crippen molar-refractivity contribution in [1.29, 1.82) is 0 Å². The highest BCUT2D eigenvalue weighted by Gasteiger charge is 2.23. The van der Waals surface area contributed by atoms with Crippen LogP contribution in [0.1, 0.15) is 16.8 Å². The van der Waals surface area contributed by atoms with Crippen molar-refractivity contribution in [1.82, 2.24) is 4.90 Å². The third-order valence-electron chi connectivity index (χ3n) is 5.48. The molecule has 0 aromatic heterocycles. The van der Waals surface area contributed by atoms with Gasteiger partial charge >= 0.3 is 0 Å². The van der Waals surface area contributed by atoms with E-state index in [0.717, 1.165) is 23.7 Å². The number of carbonyl (C=O) groups is 1. The number of hydrogen-bond donors (Lipinski definition) is 1. The molecule has 1 aliphatic rings. The second-order valence-corrected chi connectivity index (χ2v) is 8.94. The smallest absolute Gasteiger partial charge is 0.255 e. The number of amides is 1. The van der Waals surface area contributed by atoms with Crippen LogP contribution < -0.4 is 10.2 Å². The second kappa shape index (κ2) is 9.37. The minimum Gasteiger partial charge on any atom is -0.370 e. The van der Waals surface area contributed by atoms with E-state index < -0.39 is 0 Å². The highest BCUT2D eigenvalue weighted by molar-refractivity contribution is 7.99. The van der Waals surface area contributed by atoms with E-state index in [1.807, 2.05) is 54.6 Å². The molecule has 30 heavy (non-hydrogen) atoms. The average molecular weight is 418 g/mol. The predicted octanol–water partition coefficient (Wildman–Crippen LogP) is 5.23. The highest BCUT2D eigenvalue weighted by atomic mass is 32.2. The molecule has 1 unspecified atom stereocenters. The van der Waals surface area contributed by atoms with Gasteiger partial charge in [-0.25, -0.2) is 0 Å². The Morgan fingerprint density at radius 3 is 2.23 bits per heavy atom. The van der Waals surface area contributed by atoms with E-state index in [2.05, 4.69) is 53.5 Å². The maximum atomic E-state index is 12.6. The zero-order chi connectivity index (χ0) is 20.9. The van der Waals surface area contributed by atoms with E-state index in [-0.39, 0.29) is 5.91 Å². The summed E-state index contributed by atoms with van der Waals surface area (Å²) in [6.07, 6.45) is 1.18. The van der Waals surface area contributed by atoms with Crippen LogP contribution in [0.4, 0.5) is 11.4 Å². The monoisotopic (exact) mass is 417 g/mol. The number of nitrogens with one attached hydrogen (secondary N) is 1. The Balaban J connectivity index is 1.34. The number of hydrogen-bond acceptors (Lipinski definition) is 4. The van der Waals surface area contributed by atoms with Crippen LogP contribution in [0.5, 0.6) is 0 Å². The lowest BCUT2D eigenvalue weighted by Crippen LogP contribution is -2.31. The molecule has 1 aliphatic heterocycles. The van der Waals surface area contributed by atoms with Gasteiger partial charge in [0.1, 0.15) is 0 Å². The number of carbonyl (C=O) groups excluding carboxylic acids is 1. The van der Waals surface area contributed by atoms with Crippen molar-refractivity contribution in [2.24, 2.45) is 0 Å². The zero-order valence-electron chi connectivity index (χ0n) is 17.4. The van der Waals surface area contributed by atoms with Gasteiger partial charge in [-0.3, -0.25) is 4.79 Å². The van der Waals surface area contributed by atoms with E-state index in [1.165, 1.54) is 17.0 Å². The molecule has 1 heterocycles. The molecule has 1 saturated heterocycles. The maximum absolute atomic E-state index is 12.6. The Kier molecular flexibility index (Phi) is 6.41. The molecule has 154 valence electrons. The third kappa shape index (κ3) is 5.04. The SMILES string of the molecule is CN(C)C1CCN(c2ccc(NC(=O)c3ccc(Sc4ccccc4)cc3)cc2)C1. The summed E-state index contributed by atoms with van der Waals surface area (Å²) in [5.74, 6) is -0.0899. The van der Waals surface area contributed by atoms with Crippen molar-refractivity contribution in [3.8, 4) is 0 Å². The van der Waals surface area contributed by atoms with Crippen LogP contribution >= 0.6 is 11.8 Å². The lowest BCUT2D eigenvalue weighted by molar-refractivity contribution is 0.102. The summed E-state index contributed by atoms with van der Waals surface area (Å²) in [5, 5.41) is 3.00.